The molecule has 1 amide bonds. The van der Waals surface area contributed by atoms with Gasteiger partial charge < -0.3 is 10.2 Å². The van der Waals surface area contributed by atoms with Gasteiger partial charge in [0, 0.05) is 25.0 Å². The van der Waals surface area contributed by atoms with E-state index in [0.29, 0.717) is 6.54 Å². The minimum Gasteiger partial charge on any atom is -0.336 e. The molecule has 0 aliphatic rings. The minimum absolute atomic E-state index is 0. The lowest BCUT2D eigenvalue weighted by Crippen LogP contribution is -2.42. The van der Waals surface area contributed by atoms with Crippen molar-refractivity contribution in [2.75, 3.05) is 13.6 Å². The van der Waals surface area contributed by atoms with Gasteiger partial charge in [-0.2, -0.15) is 0 Å². The van der Waals surface area contributed by atoms with Crippen molar-refractivity contribution in [1.29, 1.82) is 0 Å². The number of hydrogen-bond donors (Lipinski definition) is 1. The number of nitrogens with one attached hydrogen (secondary N) is 1. The van der Waals surface area contributed by atoms with Gasteiger partial charge in [0.1, 0.15) is 0 Å². The predicted molar refractivity (Wildman–Crippen MR) is 82.5 cm³/mol. The Morgan fingerprint density at radius 3 is 2.26 bits per heavy atom. The van der Waals surface area contributed by atoms with Crippen LogP contribution < -0.4 is 5.32 Å². The standard InChI is InChI=1S/C15H24N2O.ClH/c1-12(2)17(15(18)13(3)10-16-4)11-14-8-6-5-7-9-14;/h5-9,12-13,16H,10-11H2,1-4H3;1H. The number of halogens is 1. The summed E-state index contributed by atoms with van der Waals surface area (Å²) in [5.74, 6) is 0.226. The fraction of sp³-hybridized carbons (Fsp3) is 0.533. The molecule has 19 heavy (non-hydrogen) atoms. The fourth-order valence-electron chi connectivity index (χ4n) is 1.97. The van der Waals surface area contributed by atoms with Gasteiger partial charge in [-0.3, -0.25) is 4.79 Å². The lowest BCUT2D eigenvalue weighted by atomic mass is 10.1. The Balaban J connectivity index is 0.00000324. The number of amides is 1. The second-order valence-electron chi connectivity index (χ2n) is 5.00. The highest BCUT2D eigenvalue weighted by atomic mass is 35.5. The molecule has 0 spiro atoms. The predicted octanol–water partition coefficient (Wildman–Crippen LogP) is 2.70. The summed E-state index contributed by atoms with van der Waals surface area (Å²) in [6, 6.07) is 10.4. The topological polar surface area (TPSA) is 32.3 Å². The van der Waals surface area contributed by atoms with Crippen LogP contribution >= 0.6 is 12.4 Å². The molecule has 0 bridgehead atoms. The van der Waals surface area contributed by atoms with E-state index >= 15 is 0 Å². The van der Waals surface area contributed by atoms with E-state index < -0.39 is 0 Å². The van der Waals surface area contributed by atoms with Crippen LogP contribution in [0.4, 0.5) is 0 Å². The first-order chi connectivity index (χ1) is 8.56. The number of hydrogen-bond acceptors (Lipinski definition) is 2. The van der Waals surface area contributed by atoms with Crippen LogP contribution in [0.15, 0.2) is 30.3 Å². The first kappa shape index (κ1) is 17.9. The summed E-state index contributed by atoms with van der Waals surface area (Å²) in [6.45, 7) is 7.50. The molecule has 1 N–H and O–H groups in total. The van der Waals surface area contributed by atoms with Gasteiger partial charge in [-0.25, -0.2) is 0 Å². The Kier molecular flexibility index (Phi) is 8.44. The van der Waals surface area contributed by atoms with Crippen LogP contribution in [0.25, 0.3) is 0 Å². The van der Waals surface area contributed by atoms with Crippen molar-refractivity contribution >= 4 is 18.3 Å². The molecular weight excluding hydrogens is 260 g/mol. The Hall–Kier alpha value is -1.06. The Bertz CT molecular complexity index is 368. The van der Waals surface area contributed by atoms with Gasteiger partial charge in [0.2, 0.25) is 5.91 Å². The molecule has 1 rings (SSSR count). The maximum Gasteiger partial charge on any atom is 0.227 e. The van der Waals surface area contributed by atoms with E-state index in [1.807, 2.05) is 37.1 Å². The van der Waals surface area contributed by atoms with Gasteiger partial charge in [0.15, 0.2) is 0 Å². The van der Waals surface area contributed by atoms with Gasteiger partial charge in [-0.15, -0.1) is 12.4 Å². The number of nitrogens with zero attached hydrogens (tertiary/aromatic N) is 1. The van der Waals surface area contributed by atoms with E-state index in [-0.39, 0.29) is 30.3 Å². The maximum atomic E-state index is 12.4. The highest BCUT2D eigenvalue weighted by molar-refractivity contribution is 5.85. The summed E-state index contributed by atoms with van der Waals surface area (Å²) in [6.07, 6.45) is 0. The molecular formula is C15H25ClN2O. The highest BCUT2D eigenvalue weighted by Crippen LogP contribution is 2.12. The molecule has 0 aromatic heterocycles. The quantitative estimate of drug-likeness (QED) is 0.871. The largest absolute Gasteiger partial charge is 0.336 e. The number of benzene rings is 1. The molecule has 0 aliphatic carbocycles. The highest BCUT2D eigenvalue weighted by Gasteiger charge is 2.22. The van der Waals surface area contributed by atoms with Crippen LogP contribution in [0.1, 0.15) is 26.3 Å². The van der Waals surface area contributed by atoms with Crippen LogP contribution in [-0.2, 0) is 11.3 Å². The molecule has 1 aromatic rings. The molecule has 1 atom stereocenters. The van der Waals surface area contributed by atoms with Crippen molar-refractivity contribution in [3.05, 3.63) is 35.9 Å². The zero-order chi connectivity index (χ0) is 13.5. The Morgan fingerprint density at radius 2 is 1.79 bits per heavy atom. The summed E-state index contributed by atoms with van der Waals surface area (Å²) in [5.41, 5.74) is 1.18. The lowest BCUT2D eigenvalue weighted by Gasteiger charge is -2.29. The van der Waals surface area contributed by atoms with E-state index in [1.165, 1.54) is 5.56 Å². The third-order valence-corrected chi connectivity index (χ3v) is 3.03. The first-order valence-corrected chi connectivity index (χ1v) is 6.55. The molecule has 0 fully saturated rings. The molecule has 4 heteroatoms. The van der Waals surface area contributed by atoms with E-state index in [0.717, 1.165) is 6.54 Å². The van der Waals surface area contributed by atoms with Crippen LogP contribution in [-0.4, -0.2) is 30.4 Å². The third kappa shape index (κ3) is 5.62. The van der Waals surface area contributed by atoms with Gasteiger partial charge in [0.25, 0.3) is 0 Å². The summed E-state index contributed by atoms with van der Waals surface area (Å²) in [4.78, 5) is 14.3. The van der Waals surface area contributed by atoms with Gasteiger partial charge in [0.05, 0.1) is 0 Å². The molecule has 1 unspecified atom stereocenters. The zero-order valence-electron chi connectivity index (χ0n) is 12.2. The van der Waals surface area contributed by atoms with Crippen molar-refractivity contribution in [3.63, 3.8) is 0 Å². The van der Waals surface area contributed by atoms with Gasteiger partial charge in [-0.05, 0) is 26.5 Å². The van der Waals surface area contributed by atoms with E-state index in [2.05, 4.69) is 31.3 Å². The Labute approximate surface area is 122 Å². The normalized spacial score (nSPS) is 11.8. The number of carbonyl (C=O) groups excluding carboxylic acids is 1. The molecule has 0 saturated heterocycles. The molecule has 0 aliphatic heterocycles. The van der Waals surface area contributed by atoms with Crippen LogP contribution in [0, 0.1) is 5.92 Å². The van der Waals surface area contributed by atoms with Crippen molar-refractivity contribution < 1.29 is 4.79 Å². The fourth-order valence-corrected chi connectivity index (χ4v) is 1.97. The average Bonchev–Trinajstić information content (AvgIpc) is 2.36. The Morgan fingerprint density at radius 1 is 1.21 bits per heavy atom. The van der Waals surface area contributed by atoms with Crippen molar-refractivity contribution in [2.45, 2.75) is 33.4 Å². The monoisotopic (exact) mass is 284 g/mol. The number of rotatable bonds is 6. The second-order valence-corrected chi connectivity index (χ2v) is 5.00. The summed E-state index contributed by atoms with van der Waals surface area (Å²) in [5, 5.41) is 3.06. The van der Waals surface area contributed by atoms with Crippen LogP contribution in [0.5, 0.6) is 0 Å². The molecule has 0 heterocycles. The maximum absolute atomic E-state index is 12.4. The van der Waals surface area contributed by atoms with Gasteiger partial charge in [-0.1, -0.05) is 37.3 Å². The first-order valence-electron chi connectivity index (χ1n) is 6.55. The molecule has 0 saturated carbocycles. The summed E-state index contributed by atoms with van der Waals surface area (Å²) in [7, 11) is 1.88. The smallest absolute Gasteiger partial charge is 0.227 e. The van der Waals surface area contributed by atoms with Crippen molar-refractivity contribution in [3.8, 4) is 0 Å². The van der Waals surface area contributed by atoms with Crippen LogP contribution in [0.2, 0.25) is 0 Å². The third-order valence-electron chi connectivity index (χ3n) is 3.03. The lowest BCUT2D eigenvalue weighted by molar-refractivity contribution is -0.137. The zero-order valence-corrected chi connectivity index (χ0v) is 13.0. The number of carbonyl (C=O) groups is 1. The summed E-state index contributed by atoms with van der Waals surface area (Å²) >= 11 is 0. The summed E-state index contributed by atoms with van der Waals surface area (Å²) < 4.78 is 0. The molecule has 3 nitrogen and oxygen atoms in total. The molecule has 1 aromatic carbocycles. The minimum atomic E-state index is 0. The van der Waals surface area contributed by atoms with Crippen LogP contribution in [0.3, 0.4) is 0 Å². The van der Waals surface area contributed by atoms with E-state index in [9.17, 15) is 4.79 Å². The van der Waals surface area contributed by atoms with Crippen molar-refractivity contribution in [1.82, 2.24) is 10.2 Å². The van der Waals surface area contributed by atoms with E-state index in [1.54, 1.807) is 0 Å². The van der Waals surface area contributed by atoms with Gasteiger partial charge >= 0.3 is 0 Å². The average molecular weight is 285 g/mol. The van der Waals surface area contributed by atoms with Crippen molar-refractivity contribution in [2.24, 2.45) is 5.92 Å². The van der Waals surface area contributed by atoms with E-state index in [4.69, 9.17) is 0 Å². The molecule has 0 radical (unpaired) electrons. The SMILES string of the molecule is CNCC(C)C(=O)N(Cc1ccccc1)C(C)C.Cl. The second kappa shape index (κ2) is 8.94. The molecule has 108 valence electrons.